The van der Waals surface area contributed by atoms with Crippen molar-refractivity contribution >= 4 is 33.4 Å². The Bertz CT molecular complexity index is 1210. The van der Waals surface area contributed by atoms with Crippen LogP contribution in [0, 0.1) is 0 Å². The van der Waals surface area contributed by atoms with Gasteiger partial charge in [0.1, 0.15) is 0 Å². The third kappa shape index (κ3) is 2.71. The van der Waals surface area contributed by atoms with Crippen LogP contribution < -0.4 is 0 Å². The normalized spacial score (nSPS) is 15.6. The maximum atomic E-state index is 11.8. The van der Waals surface area contributed by atoms with E-state index in [1.54, 1.807) is 0 Å². The highest BCUT2D eigenvalue weighted by Gasteiger charge is 2.26. The predicted molar refractivity (Wildman–Crippen MR) is 113 cm³/mol. The summed E-state index contributed by atoms with van der Waals surface area (Å²) in [6.45, 7) is 0. The molecule has 2 aliphatic carbocycles. The molecule has 2 heterocycles. The highest BCUT2D eigenvalue weighted by Crippen LogP contribution is 2.31. The Morgan fingerprint density at radius 2 is 1.00 bits per heavy atom. The molecule has 0 saturated heterocycles. The van der Waals surface area contributed by atoms with E-state index in [0.29, 0.717) is 12.8 Å². The lowest BCUT2D eigenvalue weighted by Gasteiger charge is -2.10. The van der Waals surface area contributed by atoms with Gasteiger partial charge in [0.05, 0.1) is 22.4 Å². The van der Waals surface area contributed by atoms with Crippen LogP contribution in [0.15, 0.2) is 48.5 Å². The zero-order valence-corrected chi connectivity index (χ0v) is 16.5. The number of ketones is 2. The number of fused-ring (bicyclic) bond motifs is 6. The summed E-state index contributed by atoms with van der Waals surface area (Å²) < 4.78 is 2.34. The number of nitrogens with zero attached hydrogens (tertiary/aromatic N) is 2. The fourth-order valence-corrected chi connectivity index (χ4v) is 4.72. The number of carbonyl (C=O) groups excluding carboxylic acids is 2. The average Bonchev–Trinajstić information content (AvgIpc) is 3.23. The van der Waals surface area contributed by atoms with Crippen molar-refractivity contribution in [2.24, 2.45) is 0 Å². The molecule has 0 spiro atoms. The molecule has 0 amide bonds. The summed E-state index contributed by atoms with van der Waals surface area (Å²) in [5, 5.41) is 21.6. The van der Waals surface area contributed by atoms with Gasteiger partial charge in [-0.25, -0.2) is 0 Å². The molecular weight excluding hydrogens is 380 g/mol. The maximum absolute atomic E-state index is 11.8. The Morgan fingerprint density at radius 3 is 1.43 bits per heavy atom. The zero-order chi connectivity index (χ0) is 20.8. The van der Waals surface area contributed by atoms with E-state index in [2.05, 4.69) is 0 Å². The van der Waals surface area contributed by atoms with Crippen LogP contribution in [-0.4, -0.2) is 31.4 Å². The van der Waals surface area contributed by atoms with E-state index in [0.717, 1.165) is 70.0 Å². The molecule has 0 saturated carbocycles. The number of benzene rings is 2. The predicted octanol–water partition coefficient (Wildman–Crippen LogP) is 4.80. The fourth-order valence-electron chi connectivity index (χ4n) is 4.72. The van der Waals surface area contributed by atoms with Gasteiger partial charge in [0.2, 0.25) is 0 Å². The molecule has 2 aliphatic rings. The molecule has 6 heteroatoms. The molecule has 30 heavy (non-hydrogen) atoms. The molecule has 6 rings (SSSR count). The first-order valence-electron chi connectivity index (χ1n) is 10.3. The van der Waals surface area contributed by atoms with E-state index < -0.39 is 0 Å². The largest absolute Gasteiger partial charge is 0.428 e. The van der Waals surface area contributed by atoms with E-state index >= 15 is 0 Å². The van der Waals surface area contributed by atoms with Gasteiger partial charge in [-0.1, -0.05) is 36.4 Å². The molecule has 6 nitrogen and oxygen atoms in total. The van der Waals surface area contributed by atoms with Gasteiger partial charge in [-0.05, 0) is 37.8 Å². The maximum Gasteiger partial charge on any atom is 0.165 e. The highest BCUT2D eigenvalue weighted by atomic mass is 16.5. The number of Topliss-reactive ketones (excluding diaryl/α,β-unsaturated/α-hetero) is 2. The average molecular weight is 402 g/mol. The third-order valence-corrected chi connectivity index (χ3v) is 6.08. The minimum absolute atomic E-state index is 0.153. The van der Waals surface area contributed by atoms with Gasteiger partial charge in [0.25, 0.3) is 0 Å². The standard InChI is InChI=1S/2C12H11NO2/c2*14-11-7-3-6-10-12(11)8-4-1-2-5-9(8)13(10)15/h2*1-2,4-5,15H,3,6-7H2. The van der Waals surface area contributed by atoms with Crippen LogP contribution in [0.25, 0.3) is 21.8 Å². The second-order valence-electron chi connectivity index (χ2n) is 7.85. The first-order chi connectivity index (χ1) is 14.6. The quantitative estimate of drug-likeness (QED) is 0.414. The molecule has 4 aromatic rings. The molecule has 0 atom stereocenters. The lowest BCUT2D eigenvalue weighted by molar-refractivity contribution is 0.0958. The Kier molecular flexibility index (Phi) is 4.35. The van der Waals surface area contributed by atoms with Gasteiger partial charge < -0.3 is 10.4 Å². The second-order valence-corrected chi connectivity index (χ2v) is 7.85. The number of rotatable bonds is 0. The summed E-state index contributed by atoms with van der Waals surface area (Å²) in [6, 6.07) is 15.0. The van der Waals surface area contributed by atoms with E-state index in [-0.39, 0.29) is 11.6 Å². The summed E-state index contributed by atoms with van der Waals surface area (Å²) in [5.74, 6) is 0.306. The van der Waals surface area contributed by atoms with Crippen LogP contribution >= 0.6 is 0 Å². The molecular formula is C24H22N2O4. The van der Waals surface area contributed by atoms with Gasteiger partial charge in [0, 0.05) is 34.7 Å². The van der Waals surface area contributed by atoms with Crippen molar-refractivity contribution in [1.82, 2.24) is 9.46 Å². The van der Waals surface area contributed by atoms with Gasteiger partial charge in [0.15, 0.2) is 11.6 Å². The Labute approximate surface area is 172 Å². The third-order valence-electron chi connectivity index (χ3n) is 6.08. The molecule has 152 valence electrons. The Hall–Kier alpha value is -3.54. The van der Waals surface area contributed by atoms with Crippen molar-refractivity contribution in [3.05, 3.63) is 71.0 Å². The Balaban J connectivity index is 0.000000128. The lowest BCUT2D eigenvalue weighted by atomic mass is 9.94. The summed E-state index contributed by atoms with van der Waals surface area (Å²) in [7, 11) is 0. The van der Waals surface area contributed by atoms with Gasteiger partial charge >= 0.3 is 0 Å². The SMILES string of the molecule is O=C1CCCc2c1c1ccccc1n2O.O=C1CCCc2c1c1ccccc1n2O. The minimum Gasteiger partial charge on any atom is -0.428 e. The van der Waals surface area contributed by atoms with Crippen molar-refractivity contribution in [3.8, 4) is 0 Å². The van der Waals surface area contributed by atoms with Crippen molar-refractivity contribution in [1.29, 1.82) is 0 Å². The minimum atomic E-state index is 0.153. The molecule has 0 unspecified atom stereocenters. The summed E-state index contributed by atoms with van der Waals surface area (Å²) >= 11 is 0. The molecule has 2 aromatic heterocycles. The van der Waals surface area contributed by atoms with Crippen molar-refractivity contribution in [3.63, 3.8) is 0 Å². The molecule has 2 aromatic carbocycles. The van der Waals surface area contributed by atoms with Crippen LogP contribution in [-0.2, 0) is 12.8 Å². The first kappa shape index (κ1) is 18.5. The summed E-state index contributed by atoms with van der Waals surface area (Å²) in [4.78, 5) is 23.6. The molecule has 0 radical (unpaired) electrons. The topological polar surface area (TPSA) is 84.5 Å². The number of aromatic nitrogens is 2. The summed E-state index contributed by atoms with van der Waals surface area (Å²) in [6.07, 6.45) is 4.44. The highest BCUT2D eigenvalue weighted by molar-refractivity contribution is 6.10. The Morgan fingerprint density at radius 1 is 0.600 bits per heavy atom. The monoisotopic (exact) mass is 402 g/mol. The van der Waals surface area contributed by atoms with Crippen molar-refractivity contribution in [2.45, 2.75) is 38.5 Å². The van der Waals surface area contributed by atoms with Crippen LogP contribution in [0.4, 0.5) is 0 Å². The smallest absolute Gasteiger partial charge is 0.165 e. The van der Waals surface area contributed by atoms with Gasteiger partial charge in [-0.3, -0.25) is 9.59 Å². The summed E-state index contributed by atoms with van der Waals surface area (Å²) in [5.41, 5.74) is 4.45. The van der Waals surface area contributed by atoms with Crippen LogP contribution in [0.3, 0.4) is 0 Å². The molecule has 0 fully saturated rings. The van der Waals surface area contributed by atoms with Crippen LogP contribution in [0.2, 0.25) is 0 Å². The first-order valence-corrected chi connectivity index (χ1v) is 10.3. The van der Waals surface area contributed by atoms with E-state index in [9.17, 15) is 20.0 Å². The van der Waals surface area contributed by atoms with Crippen molar-refractivity contribution in [2.75, 3.05) is 0 Å². The molecule has 0 bridgehead atoms. The van der Waals surface area contributed by atoms with Crippen LogP contribution in [0.1, 0.15) is 57.8 Å². The van der Waals surface area contributed by atoms with Crippen LogP contribution in [0.5, 0.6) is 0 Å². The van der Waals surface area contributed by atoms with E-state index in [1.165, 1.54) is 9.46 Å². The zero-order valence-electron chi connectivity index (χ0n) is 16.5. The van der Waals surface area contributed by atoms with Gasteiger partial charge in [-0.15, -0.1) is 0 Å². The molecule has 0 aliphatic heterocycles. The number of carbonyl (C=O) groups is 2. The second kappa shape index (κ2) is 7.06. The van der Waals surface area contributed by atoms with Gasteiger partial charge in [-0.2, -0.15) is 9.46 Å². The number of hydrogen-bond donors (Lipinski definition) is 2. The fraction of sp³-hybridized carbons (Fsp3) is 0.250. The lowest BCUT2D eigenvalue weighted by Crippen LogP contribution is -2.11. The van der Waals surface area contributed by atoms with E-state index in [4.69, 9.17) is 0 Å². The number of para-hydroxylation sites is 2. The molecule has 2 N–H and O–H groups in total. The van der Waals surface area contributed by atoms with Crippen molar-refractivity contribution < 1.29 is 20.0 Å². The van der Waals surface area contributed by atoms with E-state index in [1.807, 2.05) is 48.5 Å². The number of hydrogen-bond acceptors (Lipinski definition) is 4.